The third-order valence-electron chi connectivity index (χ3n) is 2.70. The van der Waals surface area contributed by atoms with Gasteiger partial charge in [0, 0.05) is 22.3 Å². The van der Waals surface area contributed by atoms with Crippen LogP contribution in [0.25, 0.3) is 11.4 Å². The summed E-state index contributed by atoms with van der Waals surface area (Å²) in [6.07, 6.45) is 0. The van der Waals surface area contributed by atoms with Crippen LogP contribution in [0.15, 0.2) is 33.5 Å². The number of nitrogens with zero attached hydrogens (tertiary/aromatic N) is 1. The minimum absolute atomic E-state index is 0.0948. The molecule has 0 spiro atoms. The van der Waals surface area contributed by atoms with E-state index in [1.54, 1.807) is 7.05 Å². The molecular weight excluding hydrogens is 294 g/mol. The van der Waals surface area contributed by atoms with Gasteiger partial charge in [0.05, 0.1) is 5.56 Å². The Hall–Kier alpha value is -1.46. The normalized spacial score (nSPS) is 10.6. The number of nitrogens with one attached hydrogen (secondary N) is 2. The zero-order valence-corrected chi connectivity index (χ0v) is 11.8. The Morgan fingerprint density at radius 3 is 2.72 bits per heavy atom. The lowest BCUT2D eigenvalue weighted by Crippen LogP contribution is -2.22. The first-order valence-electron chi connectivity index (χ1n) is 5.62. The molecule has 1 aromatic carbocycles. The molecule has 2 N–H and O–H groups in total. The van der Waals surface area contributed by atoms with E-state index < -0.39 is 0 Å². The van der Waals surface area contributed by atoms with Crippen LogP contribution in [0.2, 0.25) is 0 Å². The Kier molecular flexibility index (Phi) is 3.93. The van der Waals surface area contributed by atoms with Crippen molar-refractivity contribution >= 4 is 15.9 Å². The van der Waals surface area contributed by atoms with Crippen LogP contribution in [0.5, 0.6) is 0 Å². The molecule has 2 rings (SSSR count). The first-order valence-corrected chi connectivity index (χ1v) is 6.42. The van der Waals surface area contributed by atoms with Gasteiger partial charge in [-0.15, -0.1) is 0 Å². The molecule has 1 heterocycles. The Bertz CT molecular complexity index is 622. The van der Waals surface area contributed by atoms with Crippen LogP contribution < -0.4 is 10.9 Å². The lowest BCUT2D eigenvalue weighted by molar-refractivity contribution is 0.787. The van der Waals surface area contributed by atoms with Crippen LogP contribution in [-0.2, 0) is 6.54 Å². The number of hydrogen-bond acceptors (Lipinski definition) is 3. The van der Waals surface area contributed by atoms with Crippen molar-refractivity contribution in [3.63, 3.8) is 0 Å². The smallest absolute Gasteiger partial charge is 0.255 e. The van der Waals surface area contributed by atoms with Gasteiger partial charge in [-0.05, 0) is 20.0 Å². The largest absolute Gasteiger partial charge is 0.315 e. The van der Waals surface area contributed by atoms with Crippen molar-refractivity contribution in [3.05, 3.63) is 50.3 Å². The van der Waals surface area contributed by atoms with Gasteiger partial charge in [0.1, 0.15) is 5.82 Å². The van der Waals surface area contributed by atoms with Gasteiger partial charge in [0.15, 0.2) is 0 Å². The Balaban J connectivity index is 2.55. The molecule has 0 aliphatic carbocycles. The summed E-state index contributed by atoms with van der Waals surface area (Å²) in [5, 5.41) is 2.97. The first kappa shape index (κ1) is 13.0. The van der Waals surface area contributed by atoms with Gasteiger partial charge in [-0.25, -0.2) is 4.98 Å². The molecule has 0 aliphatic heterocycles. The van der Waals surface area contributed by atoms with E-state index in [0.29, 0.717) is 17.9 Å². The predicted octanol–water partition coefficient (Wildman–Crippen LogP) is 2.23. The van der Waals surface area contributed by atoms with Gasteiger partial charge in [-0.3, -0.25) is 4.79 Å². The quantitative estimate of drug-likeness (QED) is 0.914. The first-order chi connectivity index (χ1) is 8.63. The zero-order valence-electron chi connectivity index (χ0n) is 10.2. The van der Waals surface area contributed by atoms with Gasteiger partial charge in [-0.2, -0.15) is 0 Å². The summed E-state index contributed by atoms with van der Waals surface area (Å²) in [6.45, 7) is 2.37. The molecule has 0 radical (unpaired) electrons. The number of halogens is 1. The average molecular weight is 308 g/mol. The summed E-state index contributed by atoms with van der Waals surface area (Å²) in [5.74, 6) is 0.588. The number of benzene rings is 1. The van der Waals surface area contributed by atoms with Crippen molar-refractivity contribution in [3.8, 4) is 11.4 Å². The molecule has 4 nitrogen and oxygen atoms in total. The van der Waals surface area contributed by atoms with Gasteiger partial charge in [0.25, 0.3) is 5.56 Å². The van der Waals surface area contributed by atoms with Crippen LogP contribution in [0.3, 0.4) is 0 Å². The van der Waals surface area contributed by atoms with E-state index in [9.17, 15) is 4.79 Å². The molecule has 0 aliphatic rings. The molecule has 0 bridgehead atoms. The van der Waals surface area contributed by atoms with Crippen LogP contribution in [0, 0.1) is 6.92 Å². The van der Waals surface area contributed by atoms with Crippen LogP contribution in [-0.4, -0.2) is 17.0 Å². The van der Waals surface area contributed by atoms with Crippen molar-refractivity contribution in [1.82, 2.24) is 15.3 Å². The lowest BCUT2D eigenvalue weighted by Gasteiger charge is -2.08. The number of aromatic nitrogens is 2. The summed E-state index contributed by atoms with van der Waals surface area (Å²) < 4.78 is 0.911. The predicted molar refractivity (Wildman–Crippen MR) is 75.5 cm³/mol. The third kappa shape index (κ3) is 2.52. The fraction of sp³-hybridized carbons (Fsp3) is 0.231. The maximum Gasteiger partial charge on any atom is 0.255 e. The number of aryl methyl sites for hydroxylation is 1. The summed E-state index contributed by atoms with van der Waals surface area (Å²) in [5.41, 5.74) is 2.21. The second kappa shape index (κ2) is 5.46. The molecule has 0 amide bonds. The molecule has 1 aromatic heterocycles. The topological polar surface area (TPSA) is 57.8 Å². The molecule has 94 valence electrons. The minimum atomic E-state index is -0.0948. The van der Waals surface area contributed by atoms with Crippen molar-refractivity contribution < 1.29 is 0 Å². The van der Waals surface area contributed by atoms with E-state index in [0.717, 1.165) is 15.7 Å². The zero-order chi connectivity index (χ0) is 13.1. The summed E-state index contributed by atoms with van der Waals surface area (Å²) >= 11 is 3.46. The standard InChI is InChI=1S/C13H14BrN3O/c1-8-10(7-15-2)13(18)17-12(16-8)9-5-3-4-6-11(9)14/h3-6,15H,7H2,1-2H3,(H,16,17,18). The van der Waals surface area contributed by atoms with E-state index in [-0.39, 0.29) is 5.56 Å². The molecule has 0 saturated heterocycles. The molecule has 2 aromatic rings. The fourth-order valence-corrected chi connectivity index (χ4v) is 2.25. The van der Waals surface area contributed by atoms with E-state index >= 15 is 0 Å². The van der Waals surface area contributed by atoms with Gasteiger partial charge < -0.3 is 10.3 Å². The van der Waals surface area contributed by atoms with Crippen molar-refractivity contribution in [2.75, 3.05) is 7.05 Å². The Morgan fingerprint density at radius 2 is 2.11 bits per heavy atom. The molecule has 18 heavy (non-hydrogen) atoms. The number of rotatable bonds is 3. The second-order valence-electron chi connectivity index (χ2n) is 3.99. The second-order valence-corrected chi connectivity index (χ2v) is 4.84. The van der Waals surface area contributed by atoms with E-state index in [4.69, 9.17) is 0 Å². The summed E-state index contributed by atoms with van der Waals surface area (Å²) in [4.78, 5) is 19.3. The Labute approximate surface area is 114 Å². The van der Waals surface area contributed by atoms with Gasteiger partial charge in [-0.1, -0.05) is 34.1 Å². The molecule has 0 atom stereocenters. The SMILES string of the molecule is CNCc1c(C)nc(-c2ccccc2Br)[nH]c1=O. The molecule has 5 heteroatoms. The van der Waals surface area contributed by atoms with Crippen LogP contribution in [0.1, 0.15) is 11.3 Å². The maximum atomic E-state index is 12.0. The van der Waals surface area contributed by atoms with Crippen molar-refractivity contribution in [2.24, 2.45) is 0 Å². The number of aromatic amines is 1. The molecule has 0 unspecified atom stereocenters. The molecule has 0 fully saturated rings. The minimum Gasteiger partial charge on any atom is -0.315 e. The van der Waals surface area contributed by atoms with Crippen LogP contribution >= 0.6 is 15.9 Å². The van der Waals surface area contributed by atoms with Gasteiger partial charge >= 0.3 is 0 Å². The fourth-order valence-electron chi connectivity index (χ4n) is 1.78. The third-order valence-corrected chi connectivity index (χ3v) is 3.40. The number of H-pyrrole nitrogens is 1. The maximum absolute atomic E-state index is 12.0. The highest BCUT2D eigenvalue weighted by atomic mass is 79.9. The monoisotopic (exact) mass is 307 g/mol. The molecular formula is C13H14BrN3O. The van der Waals surface area contributed by atoms with Crippen molar-refractivity contribution in [2.45, 2.75) is 13.5 Å². The highest BCUT2D eigenvalue weighted by Gasteiger charge is 2.10. The van der Waals surface area contributed by atoms with E-state index in [1.165, 1.54) is 0 Å². The lowest BCUT2D eigenvalue weighted by atomic mass is 10.2. The summed E-state index contributed by atoms with van der Waals surface area (Å²) in [7, 11) is 1.81. The highest BCUT2D eigenvalue weighted by molar-refractivity contribution is 9.10. The summed E-state index contributed by atoms with van der Waals surface area (Å²) in [6, 6.07) is 7.68. The number of hydrogen-bond donors (Lipinski definition) is 2. The highest BCUT2D eigenvalue weighted by Crippen LogP contribution is 2.24. The molecule has 0 saturated carbocycles. The van der Waals surface area contributed by atoms with Crippen LogP contribution in [0.4, 0.5) is 0 Å². The van der Waals surface area contributed by atoms with E-state index in [2.05, 4.69) is 31.2 Å². The van der Waals surface area contributed by atoms with E-state index in [1.807, 2.05) is 31.2 Å². The average Bonchev–Trinajstić information content (AvgIpc) is 2.34. The van der Waals surface area contributed by atoms with Crippen molar-refractivity contribution in [1.29, 1.82) is 0 Å². The Morgan fingerprint density at radius 1 is 1.39 bits per heavy atom. The van der Waals surface area contributed by atoms with Gasteiger partial charge in [0.2, 0.25) is 0 Å².